The Bertz CT molecular complexity index is 195. The Morgan fingerprint density at radius 1 is 1.00 bits per heavy atom. The van der Waals surface area contributed by atoms with Gasteiger partial charge in [0.1, 0.15) is 0 Å². The molecule has 0 aromatic heterocycles. The molecule has 1 unspecified atom stereocenters. The van der Waals surface area contributed by atoms with E-state index in [2.05, 4.69) is 57.7 Å². The van der Waals surface area contributed by atoms with Gasteiger partial charge in [0.05, 0.1) is 0 Å². The van der Waals surface area contributed by atoms with Crippen LogP contribution in [0.15, 0.2) is 0 Å². The van der Waals surface area contributed by atoms with E-state index in [0.29, 0.717) is 5.41 Å². The van der Waals surface area contributed by atoms with E-state index in [4.69, 9.17) is 0 Å². The van der Waals surface area contributed by atoms with Crippen LogP contribution in [0.3, 0.4) is 0 Å². The standard InChI is InChI=1S/C14H28.C3H9P/c1-6-14(4,5)13-9-7-12(8-10-13)11(2)3;1-3(2)4/h11-13H,6-10H2,1-5H3;3H,4H2,1-2H3. The summed E-state index contributed by atoms with van der Waals surface area (Å²) < 4.78 is 0. The summed E-state index contributed by atoms with van der Waals surface area (Å²) in [5.74, 6) is 2.90. The summed E-state index contributed by atoms with van der Waals surface area (Å²) in [6.45, 7) is 16.3. The van der Waals surface area contributed by atoms with Crippen molar-refractivity contribution in [3.63, 3.8) is 0 Å². The topological polar surface area (TPSA) is 0 Å². The number of hydrogen-bond acceptors (Lipinski definition) is 0. The summed E-state index contributed by atoms with van der Waals surface area (Å²) in [7, 11) is 2.66. The zero-order chi connectivity index (χ0) is 14.3. The summed E-state index contributed by atoms with van der Waals surface area (Å²) in [6.07, 6.45) is 7.24. The van der Waals surface area contributed by atoms with Crippen LogP contribution in [-0.2, 0) is 0 Å². The van der Waals surface area contributed by atoms with Crippen LogP contribution in [0, 0.1) is 23.2 Å². The lowest BCUT2D eigenvalue weighted by molar-refractivity contribution is 0.113. The number of hydrogen-bond donors (Lipinski definition) is 0. The van der Waals surface area contributed by atoms with E-state index in [1.165, 1.54) is 32.1 Å². The van der Waals surface area contributed by atoms with Gasteiger partial charge in [0.25, 0.3) is 0 Å². The molecule has 0 radical (unpaired) electrons. The number of rotatable bonds is 3. The summed E-state index contributed by atoms with van der Waals surface area (Å²) >= 11 is 0. The summed E-state index contributed by atoms with van der Waals surface area (Å²) in [5.41, 5.74) is 1.34. The highest BCUT2D eigenvalue weighted by molar-refractivity contribution is 7.17. The molecule has 0 saturated heterocycles. The van der Waals surface area contributed by atoms with Gasteiger partial charge in [-0.2, -0.15) is 0 Å². The van der Waals surface area contributed by atoms with Crippen molar-refractivity contribution >= 4 is 9.24 Å². The molecule has 0 aliphatic heterocycles. The predicted octanol–water partition coefficient (Wildman–Crippen LogP) is 6.15. The minimum atomic E-state index is 0.585. The summed E-state index contributed by atoms with van der Waals surface area (Å²) in [5, 5.41) is 0. The first-order chi connectivity index (χ1) is 8.20. The van der Waals surface area contributed by atoms with Gasteiger partial charge in [0.2, 0.25) is 0 Å². The second kappa shape index (κ2) is 8.57. The van der Waals surface area contributed by atoms with Crippen LogP contribution in [0.2, 0.25) is 0 Å². The van der Waals surface area contributed by atoms with Crippen LogP contribution >= 0.6 is 9.24 Å². The SMILES string of the molecule is CC(C)P.CCC(C)(C)C1CCC(C(C)C)CC1. The second-order valence-corrected chi connectivity index (χ2v) is 8.78. The van der Waals surface area contributed by atoms with Crippen LogP contribution < -0.4 is 0 Å². The molecule has 0 bridgehead atoms. The van der Waals surface area contributed by atoms with E-state index < -0.39 is 0 Å². The molecule has 1 aliphatic carbocycles. The molecule has 1 rings (SSSR count). The lowest BCUT2D eigenvalue weighted by atomic mass is 9.66. The molecule has 0 aromatic rings. The smallest absolute Gasteiger partial charge is 0.0321 e. The quantitative estimate of drug-likeness (QED) is 0.540. The first-order valence-corrected chi connectivity index (χ1v) is 8.63. The molecule has 0 amide bonds. The fourth-order valence-electron chi connectivity index (χ4n) is 2.86. The molecular formula is C17H37P. The maximum atomic E-state index is 2.66. The van der Waals surface area contributed by atoms with Crippen molar-refractivity contribution in [2.45, 2.75) is 86.2 Å². The summed E-state index contributed by atoms with van der Waals surface area (Å²) in [6, 6.07) is 0. The second-order valence-electron chi connectivity index (χ2n) is 7.44. The highest BCUT2D eigenvalue weighted by Crippen LogP contribution is 2.43. The van der Waals surface area contributed by atoms with Gasteiger partial charge in [0.15, 0.2) is 0 Å². The molecule has 1 fully saturated rings. The van der Waals surface area contributed by atoms with Crippen molar-refractivity contribution in [3.05, 3.63) is 0 Å². The van der Waals surface area contributed by atoms with E-state index >= 15 is 0 Å². The highest BCUT2D eigenvalue weighted by atomic mass is 31.0. The third kappa shape index (κ3) is 7.13. The zero-order valence-corrected chi connectivity index (χ0v) is 15.1. The lowest BCUT2D eigenvalue weighted by Crippen LogP contribution is -2.29. The highest BCUT2D eigenvalue weighted by Gasteiger charge is 2.32. The Morgan fingerprint density at radius 2 is 1.39 bits per heavy atom. The molecule has 18 heavy (non-hydrogen) atoms. The average Bonchev–Trinajstić information content (AvgIpc) is 2.28. The molecule has 1 saturated carbocycles. The fourth-order valence-corrected chi connectivity index (χ4v) is 2.86. The molecule has 0 N–H and O–H groups in total. The largest absolute Gasteiger partial charge is 0.135 e. The van der Waals surface area contributed by atoms with Crippen LogP contribution in [0.5, 0.6) is 0 Å². The minimum absolute atomic E-state index is 0.585. The van der Waals surface area contributed by atoms with Crippen molar-refractivity contribution in [2.75, 3.05) is 0 Å². The average molecular weight is 272 g/mol. The maximum absolute atomic E-state index is 2.66. The van der Waals surface area contributed by atoms with Gasteiger partial charge in [-0.1, -0.05) is 54.9 Å². The van der Waals surface area contributed by atoms with Gasteiger partial charge in [-0.05, 0) is 54.5 Å². The molecule has 0 nitrogen and oxygen atoms in total. The normalized spacial score (nSPS) is 25.0. The molecule has 0 spiro atoms. The van der Waals surface area contributed by atoms with Gasteiger partial charge in [-0.3, -0.25) is 0 Å². The zero-order valence-electron chi connectivity index (χ0n) is 13.9. The fraction of sp³-hybridized carbons (Fsp3) is 1.00. The Kier molecular flexibility index (Phi) is 8.78. The van der Waals surface area contributed by atoms with E-state index in [1.54, 1.807) is 0 Å². The molecule has 0 aromatic carbocycles. The van der Waals surface area contributed by atoms with Crippen molar-refractivity contribution < 1.29 is 0 Å². The van der Waals surface area contributed by atoms with Gasteiger partial charge in [-0.25, -0.2) is 0 Å². The Morgan fingerprint density at radius 3 is 1.67 bits per heavy atom. The van der Waals surface area contributed by atoms with Crippen molar-refractivity contribution in [1.29, 1.82) is 0 Å². The molecule has 1 heteroatoms. The van der Waals surface area contributed by atoms with Gasteiger partial charge in [0, 0.05) is 0 Å². The Hall–Kier alpha value is 0.430. The predicted molar refractivity (Wildman–Crippen MR) is 89.2 cm³/mol. The van der Waals surface area contributed by atoms with E-state index in [1.807, 2.05) is 0 Å². The lowest BCUT2D eigenvalue weighted by Gasteiger charge is -2.40. The van der Waals surface area contributed by atoms with Crippen LogP contribution in [0.1, 0.15) is 80.6 Å². The first kappa shape index (κ1) is 18.4. The third-order valence-corrected chi connectivity index (χ3v) is 4.73. The molecular weight excluding hydrogens is 235 g/mol. The van der Waals surface area contributed by atoms with E-state index in [-0.39, 0.29) is 0 Å². The Labute approximate surface area is 119 Å². The van der Waals surface area contributed by atoms with Crippen molar-refractivity contribution in [3.8, 4) is 0 Å². The monoisotopic (exact) mass is 272 g/mol. The van der Waals surface area contributed by atoms with E-state index in [9.17, 15) is 0 Å². The van der Waals surface area contributed by atoms with Crippen LogP contribution in [-0.4, -0.2) is 5.66 Å². The Balaban J connectivity index is 0.000000631. The molecule has 0 heterocycles. The molecule has 110 valence electrons. The van der Waals surface area contributed by atoms with E-state index in [0.717, 1.165) is 23.4 Å². The summed E-state index contributed by atoms with van der Waals surface area (Å²) in [4.78, 5) is 0. The molecule has 1 aliphatic rings. The van der Waals surface area contributed by atoms with Gasteiger partial charge >= 0.3 is 0 Å². The molecule has 1 atom stereocenters. The third-order valence-electron chi connectivity index (χ3n) is 4.73. The van der Waals surface area contributed by atoms with Crippen molar-refractivity contribution in [1.82, 2.24) is 0 Å². The first-order valence-electron chi connectivity index (χ1n) is 7.96. The van der Waals surface area contributed by atoms with Gasteiger partial charge < -0.3 is 0 Å². The minimum Gasteiger partial charge on any atom is -0.135 e. The van der Waals surface area contributed by atoms with Crippen molar-refractivity contribution in [2.24, 2.45) is 23.2 Å². The van der Waals surface area contributed by atoms with Crippen LogP contribution in [0.25, 0.3) is 0 Å². The maximum Gasteiger partial charge on any atom is -0.0321 e. The van der Waals surface area contributed by atoms with Gasteiger partial charge in [-0.15, -0.1) is 9.24 Å². The van der Waals surface area contributed by atoms with Crippen LogP contribution in [0.4, 0.5) is 0 Å².